The summed E-state index contributed by atoms with van der Waals surface area (Å²) in [4.78, 5) is 15.5. The third kappa shape index (κ3) is 4.88. The highest BCUT2D eigenvalue weighted by Crippen LogP contribution is 2.27. The number of fused-ring (bicyclic) bond motifs is 1. The average molecular weight is 461 g/mol. The van der Waals surface area contributed by atoms with Crippen LogP contribution in [0, 0.1) is 5.82 Å². The van der Waals surface area contributed by atoms with Gasteiger partial charge in [-0.05, 0) is 17.9 Å². The third-order valence-electron chi connectivity index (χ3n) is 5.16. The summed E-state index contributed by atoms with van der Waals surface area (Å²) in [5.74, 6) is 1.11. The Kier molecular flexibility index (Phi) is 7.46. The van der Waals surface area contributed by atoms with Gasteiger partial charge in [0.1, 0.15) is 11.6 Å². The van der Waals surface area contributed by atoms with Crippen molar-refractivity contribution in [3.63, 3.8) is 0 Å². The molecule has 0 aliphatic carbocycles. The fourth-order valence-corrected chi connectivity index (χ4v) is 3.81. The Balaban J connectivity index is 0.00000240. The van der Waals surface area contributed by atoms with E-state index in [9.17, 15) is 4.39 Å². The van der Waals surface area contributed by atoms with Crippen molar-refractivity contribution in [1.82, 2.24) is 25.2 Å². The lowest BCUT2D eigenvalue weighted by atomic mass is 10.1. The lowest BCUT2D eigenvalue weighted by Crippen LogP contribution is -2.53. The first-order valence-electron chi connectivity index (χ1n) is 9.80. The highest BCUT2D eigenvalue weighted by atomic mass is 79.9. The first-order valence-corrected chi connectivity index (χ1v) is 9.80. The molecule has 2 N–H and O–H groups in total. The summed E-state index contributed by atoms with van der Waals surface area (Å²) in [6.07, 6.45) is 6.40. The second-order valence-corrected chi connectivity index (χ2v) is 7.05. The maximum absolute atomic E-state index is 13.3. The number of piperazine rings is 1. The van der Waals surface area contributed by atoms with Gasteiger partial charge in [-0.25, -0.2) is 19.3 Å². The number of pyridine rings is 1. The zero-order valence-corrected chi connectivity index (χ0v) is 18.1. The van der Waals surface area contributed by atoms with Gasteiger partial charge in [0.2, 0.25) is 0 Å². The number of aromatic nitrogens is 3. The molecule has 1 saturated heterocycles. The Morgan fingerprint density at radius 1 is 1.21 bits per heavy atom. The van der Waals surface area contributed by atoms with Crippen LogP contribution in [-0.4, -0.2) is 45.7 Å². The van der Waals surface area contributed by atoms with Crippen LogP contribution in [0.15, 0.2) is 48.9 Å². The fraction of sp³-hybridized carbons (Fsp3) is 0.381. The highest BCUT2D eigenvalue weighted by molar-refractivity contribution is 8.93. The molecule has 154 valence electrons. The fourth-order valence-electron chi connectivity index (χ4n) is 3.81. The number of halogens is 2. The first kappa shape index (κ1) is 21.5. The van der Waals surface area contributed by atoms with E-state index in [2.05, 4.69) is 49.5 Å². The SMILES string of the molecule is Br.CCCC(Nc1nccc2ccccc12)N1CCNCC1c1ncc(F)cn1. The van der Waals surface area contributed by atoms with Crippen molar-refractivity contribution in [3.05, 3.63) is 60.6 Å². The van der Waals surface area contributed by atoms with Crippen molar-refractivity contribution < 1.29 is 4.39 Å². The van der Waals surface area contributed by atoms with Crippen molar-refractivity contribution in [2.45, 2.75) is 32.0 Å². The largest absolute Gasteiger partial charge is 0.354 e. The Hall–Kier alpha value is -2.16. The normalized spacial score (nSPS) is 18.2. The number of anilines is 1. The Morgan fingerprint density at radius 3 is 2.79 bits per heavy atom. The van der Waals surface area contributed by atoms with Crippen LogP contribution >= 0.6 is 17.0 Å². The van der Waals surface area contributed by atoms with Gasteiger partial charge in [-0.1, -0.05) is 37.6 Å². The monoisotopic (exact) mass is 460 g/mol. The zero-order valence-electron chi connectivity index (χ0n) is 16.4. The van der Waals surface area contributed by atoms with E-state index in [1.807, 2.05) is 24.4 Å². The lowest BCUT2D eigenvalue weighted by Gasteiger charge is -2.41. The van der Waals surface area contributed by atoms with Crippen molar-refractivity contribution in [2.24, 2.45) is 0 Å². The van der Waals surface area contributed by atoms with Gasteiger partial charge >= 0.3 is 0 Å². The number of benzene rings is 1. The molecule has 0 saturated carbocycles. The van der Waals surface area contributed by atoms with Crippen LogP contribution < -0.4 is 10.6 Å². The molecule has 3 heterocycles. The van der Waals surface area contributed by atoms with Crippen LogP contribution in [0.4, 0.5) is 10.2 Å². The molecule has 4 rings (SSSR count). The van der Waals surface area contributed by atoms with Crippen LogP contribution in [0.25, 0.3) is 10.8 Å². The second-order valence-electron chi connectivity index (χ2n) is 7.05. The maximum atomic E-state index is 13.3. The standard InChI is InChI=1S/C21H25FN6.BrH/c1-2-5-19(27-20-17-7-4-3-6-15(17)8-9-24-20)28-11-10-23-14-18(28)21-25-12-16(22)13-26-21;/h3-4,6-9,12-13,18-19,23H,2,5,10-11,14H2,1H3,(H,24,27);1H. The first-order chi connectivity index (χ1) is 13.8. The van der Waals surface area contributed by atoms with E-state index in [4.69, 9.17) is 0 Å². The molecule has 2 aromatic heterocycles. The van der Waals surface area contributed by atoms with E-state index in [-0.39, 0.29) is 29.2 Å². The van der Waals surface area contributed by atoms with E-state index in [1.54, 1.807) is 0 Å². The summed E-state index contributed by atoms with van der Waals surface area (Å²) in [7, 11) is 0. The van der Waals surface area contributed by atoms with E-state index in [0.717, 1.165) is 49.1 Å². The average Bonchev–Trinajstić information content (AvgIpc) is 2.74. The van der Waals surface area contributed by atoms with E-state index >= 15 is 0 Å². The van der Waals surface area contributed by atoms with Gasteiger partial charge in [0.05, 0.1) is 24.6 Å². The Morgan fingerprint density at radius 2 is 2.00 bits per heavy atom. The van der Waals surface area contributed by atoms with Crippen LogP contribution in [0.3, 0.4) is 0 Å². The van der Waals surface area contributed by atoms with E-state index in [1.165, 1.54) is 12.4 Å². The number of rotatable bonds is 6. The second kappa shape index (κ2) is 10.0. The molecule has 3 aromatic rings. The Labute approximate surface area is 180 Å². The summed E-state index contributed by atoms with van der Waals surface area (Å²) in [6, 6.07) is 10.3. The van der Waals surface area contributed by atoms with Gasteiger partial charge in [0, 0.05) is 31.2 Å². The predicted molar refractivity (Wildman–Crippen MR) is 119 cm³/mol. The number of nitrogens with one attached hydrogen (secondary N) is 2. The van der Waals surface area contributed by atoms with Gasteiger partial charge in [0.15, 0.2) is 5.82 Å². The number of hydrogen-bond donors (Lipinski definition) is 2. The molecule has 1 aliphatic rings. The van der Waals surface area contributed by atoms with Gasteiger partial charge in [-0.15, -0.1) is 17.0 Å². The summed E-state index contributed by atoms with van der Waals surface area (Å²) >= 11 is 0. The molecule has 0 radical (unpaired) electrons. The van der Waals surface area contributed by atoms with Gasteiger partial charge < -0.3 is 10.6 Å². The topological polar surface area (TPSA) is 66.0 Å². The van der Waals surface area contributed by atoms with Gasteiger partial charge in [0.25, 0.3) is 0 Å². The van der Waals surface area contributed by atoms with Gasteiger partial charge in [-0.2, -0.15) is 0 Å². The molecular formula is C21H26BrFN6. The molecule has 8 heteroatoms. The summed E-state index contributed by atoms with van der Waals surface area (Å²) in [6.45, 7) is 4.66. The van der Waals surface area contributed by atoms with Crippen LogP contribution in [-0.2, 0) is 0 Å². The molecule has 2 atom stereocenters. The molecule has 1 aromatic carbocycles. The molecule has 2 unspecified atom stereocenters. The summed E-state index contributed by atoms with van der Waals surface area (Å²) in [5.41, 5.74) is 0. The molecule has 6 nitrogen and oxygen atoms in total. The predicted octanol–water partition coefficient (Wildman–Crippen LogP) is 3.93. The minimum Gasteiger partial charge on any atom is -0.354 e. The van der Waals surface area contributed by atoms with Crippen molar-refractivity contribution >= 4 is 33.6 Å². The molecule has 29 heavy (non-hydrogen) atoms. The quantitative estimate of drug-likeness (QED) is 0.580. The molecule has 0 amide bonds. The van der Waals surface area contributed by atoms with E-state index < -0.39 is 5.82 Å². The van der Waals surface area contributed by atoms with Crippen LogP contribution in [0.5, 0.6) is 0 Å². The minimum atomic E-state index is -0.415. The maximum Gasteiger partial charge on any atom is 0.159 e. The number of nitrogens with zero attached hydrogens (tertiary/aromatic N) is 4. The number of hydrogen-bond acceptors (Lipinski definition) is 6. The zero-order chi connectivity index (χ0) is 19.3. The Bertz CT molecular complexity index is 917. The molecule has 1 fully saturated rings. The van der Waals surface area contributed by atoms with Crippen molar-refractivity contribution in [3.8, 4) is 0 Å². The van der Waals surface area contributed by atoms with Crippen LogP contribution in [0.2, 0.25) is 0 Å². The molecule has 0 spiro atoms. The third-order valence-corrected chi connectivity index (χ3v) is 5.16. The lowest BCUT2D eigenvalue weighted by molar-refractivity contribution is 0.108. The molecule has 0 bridgehead atoms. The smallest absolute Gasteiger partial charge is 0.159 e. The summed E-state index contributed by atoms with van der Waals surface area (Å²) < 4.78 is 13.3. The molecular weight excluding hydrogens is 435 g/mol. The van der Waals surface area contributed by atoms with E-state index in [0.29, 0.717) is 5.82 Å². The van der Waals surface area contributed by atoms with Crippen LogP contribution in [0.1, 0.15) is 31.6 Å². The minimum absolute atomic E-state index is 0. The van der Waals surface area contributed by atoms with Gasteiger partial charge in [-0.3, -0.25) is 4.90 Å². The highest BCUT2D eigenvalue weighted by Gasteiger charge is 2.31. The summed E-state index contributed by atoms with van der Waals surface area (Å²) in [5, 5.41) is 9.34. The van der Waals surface area contributed by atoms with Crippen molar-refractivity contribution in [2.75, 3.05) is 25.0 Å². The molecule has 1 aliphatic heterocycles. The van der Waals surface area contributed by atoms with Crippen molar-refractivity contribution in [1.29, 1.82) is 0 Å².